The molecular formula is C58H74NaO17PS. The fourth-order valence-corrected chi connectivity index (χ4v) is 9.92. The molecule has 0 fully saturated rings. The molecule has 1 atom stereocenters. The molecule has 0 saturated carbocycles. The SMILES string of the molecule is CC(C)(OCCO)C(=O)c1ccc(OCCO)cc1.COCCOCCOCCOCCOCCOCCOCCOc1ccc2sc3ccccc3c(=O)c2c1.Cc1cc(C)c(C(=O)P(=O)([O-])c2ccccc2)c(C)c1.[Na+]. The van der Waals surface area contributed by atoms with Crippen molar-refractivity contribution < 1.29 is 106 Å². The molecular weight excluding hydrogens is 1050 g/mol. The van der Waals surface area contributed by atoms with E-state index in [0.717, 1.165) is 20.3 Å². The molecule has 5 aromatic carbocycles. The van der Waals surface area contributed by atoms with E-state index in [2.05, 4.69) is 0 Å². The second-order valence-corrected chi connectivity index (χ2v) is 20.7. The fraction of sp³-hybridized carbons (Fsp3) is 0.431. The number of benzene rings is 5. The summed E-state index contributed by atoms with van der Waals surface area (Å²) in [6.45, 7) is 16.1. The zero-order valence-corrected chi connectivity index (χ0v) is 49.7. The number of Topliss-reactive ketones (excluding diaryl/α,β-unsaturated/α-hetero) is 1. The molecule has 1 heterocycles. The van der Waals surface area contributed by atoms with Crippen LogP contribution in [0, 0.1) is 20.8 Å². The van der Waals surface area contributed by atoms with Crippen LogP contribution in [0.3, 0.4) is 0 Å². The predicted octanol–water partition coefficient (Wildman–Crippen LogP) is 4.29. The van der Waals surface area contributed by atoms with Crippen LogP contribution in [0.5, 0.6) is 11.5 Å². The number of ketones is 1. The molecule has 20 heteroatoms. The average molecular weight is 1130 g/mol. The van der Waals surface area contributed by atoms with Crippen LogP contribution in [0.15, 0.2) is 114 Å². The molecule has 1 unspecified atom stereocenters. The molecule has 0 radical (unpaired) electrons. The first-order valence-corrected chi connectivity index (χ1v) is 27.7. The molecule has 6 rings (SSSR count). The number of aryl methyl sites for hydroxylation is 3. The van der Waals surface area contributed by atoms with Crippen molar-refractivity contribution >= 4 is 55.5 Å². The van der Waals surface area contributed by atoms with Gasteiger partial charge in [0.25, 0.3) is 0 Å². The second kappa shape index (κ2) is 37.6. The third-order valence-electron chi connectivity index (χ3n) is 11.2. The number of carbonyl (C=O) groups excluding carboxylic acids is 2. The third-order valence-corrected chi connectivity index (χ3v) is 14.1. The Balaban J connectivity index is 0.000000337. The quantitative estimate of drug-likeness (QED) is 0.0193. The van der Waals surface area contributed by atoms with E-state index in [1.165, 1.54) is 12.1 Å². The molecule has 0 spiro atoms. The summed E-state index contributed by atoms with van der Waals surface area (Å²) in [5, 5.41) is 18.8. The minimum Gasteiger partial charge on any atom is -0.790 e. The smallest absolute Gasteiger partial charge is 0.790 e. The van der Waals surface area contributed by atoms with Crippen molar-refractivity contribution in [3.63, 3.8) is 0 Å². The van der Waals surface area contributed by atoms with Crippen molar-refractivity contribution in [1.29, 1.82) is 0 Å². The van der Waals surface area contributed by atoms with Crippen molar-refractivity contribution in [3.05, 3.63) is 147 Å². The first kappa shape index (κ1) is 68.0. The summed E-state index contributed by atoms with van der Waals surface area (Å²) in [5.74, 6) is 1.10. The van der Waals surface area contributed by atoms with Crippen LogP contribution >= 0.6 is 18.7 Å². The monoisotopic (exact) mass is 1130 g/mol. The molecule has 2 N–H and O–H groups in total. The molecule has 78 heavy (non-hydrogen) atoms. The second-order valence-electron chi connectivity index (χ2n) is 17.6. The van der Waals surface area contributed by atoms with Crippen LogP contribution < -0.4 is 54.7 Å². The van der Waals surface area contributed by atoms with Gasteiger partial charge in [-0.05, 0) is 100 Å². The Labute approximate surface area is 483 Å². The standard InChI is InChI=1S/C28H38O9S.C16H17O3P.C14H20O5.Na/c1-30-8-9-31-10-11-32-12-13-33-14-15-34-16-17-35-18-19-36-20-21-37-23-6-7-27-25(22-23)28(29)24-4-2-3-5-26(24)38-27;1-11-9-12(2)15(13(3)10-11)16(17)20(18,19)14-7-5-4-6-8-14;1-14(2,19-10-8-16)13(17)11-3-5-12(6-4-11)18-9-7-15;/h2-7,22H,8-21H2,1H3;4-10H,1-3H3,(H,18,19);3-6,15-16H,7-10H2,1-2H3;/q;;;+1/p-1. The molecule has 0 bridgehead atoms. The summed E-state index contributed by atoms with van der Waals surface area (Å²) >= 11 is 1.61. The fourth-order valence-electron chi connectivity index (χ4n) is 7.42. The largest absolute Gasteiger partial charge is 1.00 e. The molecule has 1 aromatic heterocycles. The zero-order valence-electron chi connectivity index (χ0n) is 46.0. The first-order chi connectivity index (χ1) is 37.1. The Morgan fingerprint density at radius 2 is 1.03 bits per heavy atom. The number of aliphatic hydroxyl groups is 2. The zero-order chi connectivity index (χ0) is 55.9. The van der Waals surface area contributed by atoms with E-state index in [4.69, 9.17) is 57.6 Å². The van der Waals surface area contributed by atoms with Crippen LogP contribution in [0.2, 0.25) is 0 Å². The number of methoxy groups -OCH3 is 1. The molecule has 6 aromatic rings. The van der Waals surface area contributed by atoms with Gasteiger partial charge in [0, 0.05) is 43.7 Å². The molecule has 0 amide bonds. The van der Waals surface area contributed by atoms with Gasteiger partial charge in [-0.3, -0.25) is 14.4 Å². The van der Waals surface area contributed by atoms with Crippen molar-refractivity contribution in [2.75, 3.05) is 126 Å². The van der Waals surface area contributed by atoms with E-state index in [1.54, 1.807) is 88.6 Å². The number of hydrogen-bond donors (Lipinski definition) is 2. The molecule has 0 saturated heterocycles. The first-order valence-electron chi connectivity index (χ1n) is 25.3. The molecule has 17 nitrogen and oxygen atoms in total. The summed E-state index contributed by atoms with van der Waals surface area (Å²) in [4.78, 5) is 49.8. The van der Waals surface area contributed by atoms with Gasteiger partial charge in [-0.25, -0.2) is 0 Å². The minimum atomic E-state index is -4.32. The summed E-state index contributed by atoms with van der Waals surface area (Å²) in [6.07, 6.45) is 0. The molecule has 0 aliphatic rings. The number of fused-ring (bicyclic) bond motifs is 2. The maximum Gasteiger partial charge on any atom is 1.00 e. The van der Waals surface area contributed by atoms with Crippen LogP contribution in [-0.2, 0) is 42.5 Å². The molecule has 0 aliphatic carbocycles. The maximum atomic E-state index is 12.8. The van der Waals surface area contributed by atoms with Crippen molar-refractivity contribution in [2.24, 2.45) is 0 Å². The van der Waals surface area contributed by atoms with Gasteiger partial charge in [-0.1, -0.05) is 60.2 Å². The van der Waals surface area contributed by atoms with Gasteiger partial charge in [0.15, 0.2) is 11.2 Å². The van der Waals surface area contributed by atoms with E-state index < -0.39 is 18.5 Å². The van der Waals surface area contributed by atoms with Gasteiger partial charge in [0.1, 0.15) is 37.7 Å². The Hall–Kier alpha value is -4.28. The average Bonchev–Trinajstić information content (AvgIpc) is 3.48. The normalized spacial score (nSPS) is 11.9. The van der Waals surface area contributed by atoms with E-state index in [9.17, 15) is 23.8 Å². The number of rotatable bonds is 33. The van der Waals surface area contributed by atoms with E-state index >= 15 is 0 Å². The van der Waals surface area contributed by atoms with Gasteiger partial charge < -0.3 is 67.0 Å². The Kier molecular flexibility index (Phi) is 32.8. The Bertz CT molecular complexity index is 2770. The maximum absolute atomic E-state index is 12.8. The van der Waals surface area contributed by atoms with Crippen LogP contribution in [0.1, 0.15) is 51.3 Å². The van der Waals surface area contributed by atoms with Gasteiger partial charge in [-0.15, -0.1) is 11.3 Å². The third kappa shape index (κ3) is 23.4. The van der Waals surface area contributed by atoms with E-state index in [1.807, 2.05) is 61.5 Å². The van der Waals surface area contributed by atoms with Crippen molar-refractivity contribution in [2.45, 2.75) is 40.2 Å². The number of hydrogen-bond acceptors (Lipinski definition) is 18. The Morgan fingerprint density at radius 3 is 1.55 bits per heavy atom. The summed E-state index contributed by atoms with van der Waals surface area (Å²) < 4.78 is 68.2. The van der Waals surface area contributed by atoms with Gasteiger partial charge in [-0.2, -0.15) is 0 Å². The van der Waals surface area contributed by atoms with Gasteiger partial charge in [0.2, 0.25) is 5.52 Å². The molecule has 0 aliphatic heterocycles. The van der Waals surface area contributed by atoms with Crippen molar-refractivity contribution in [3.8, 4) is 11.5 Å². The number of aliphatic hydroxyl groups excluding tert-OH is 2. The van der Waals surface area contributed by atoms with Crippen molar-refractivity contribution in [1.82, 2.24) is 0 Å². The summed E-state index contributed by atoms with van der Waals surface area (Å²) in [6, 6.07) is 31.4. The molecule has 420 valence electrons. The van der Waals surface area contributed by atoms with E-state index in [0.29, 0.717) is 126 Å². The number of carbonyl (C=O) groups is 2. The van der Waals surface area contributed by atoms with Crippen LogP contribution in [0.25, 0.3) is 20.2 Å². The Morgan fingerprint density at radius 1 is 0.564 bits per heavy atom. The van der Waals surface area contributed by atoms with Gasteiger partial charge in [0.05, 0.1) is 106 Å². The van der Waals surface area contributed by atoms with E-state index in [-0.39, 0.29) is 78.1 Å². The van der Waals surface area contributed by atoms with Crippen LogP contribution in [-0.4, -0.2) is 153 Å². The predicted molar refractivity (Wildman–Crippen MR) is 297 cm³/mol. The van der Waals surface area contributed by atoms with Crippen LogP contribution in [0.4, 0.5) is 0 Å². The minimum absolute atomic E-state index is 0. The number of ether oxygens (including phenoxy) is 10. The topological polar surface area (TPSA) is 224 Å². The van der Waals surface area contributed by atoms with Gasteiger partial charge >= 0.3 is 29.6 Å². The summed E-state index contributed by atoms with van der Waals surface area (Å²) in [7, 11) is -2.67. The summed E-state index contributed by atoms with van der Waals surface area (Å²) in [5.41, 5.74) is 1.45.